The van der Waals surface area contributed by atoms with Crippen molar-refractivity contribution in [2.45, 2.75) is 26.3 Å². The molecule has 2 rings (SSSR count). The summed E-state index contributed by atoms with van der Waals surface area (Å²) >= 11 is 0. The Morgan fingerprint density at radius 2 is 2.58 bits per heavy atom. The van der Waals surface area contributed by atoms with Crippen LogP contribution in [0.2, 0.25) is 0 Å². The van der Waals surface area contributed by atoms with Crippen LogP contribution in [0.4, 0.5) is 0 Å². The minimum atomic E-state index is 0.756. The van der Waals surface area contributed by atoms with Gasteiger partial charge in [0.1, 0.15) is 0 Å². The predicted octanol–water partition coefficient (Wildman–Crippen LogP) is 0.713. The highest BCUT2D eigenvalue weighted by Gasteiger charge is 2.22. The lowest BCUT2D eigenvalue weighted by molar-refractivity contribution is 0.479. The second kappa shape index (κ2) is 2.90. The molecule has 0 radical (unpaired) electrons. The summed E-state index contributed by atoms with van der Waals surface area (Å²) in [6.45, 7) is 4.01. The molecule has 1 aromatic rings. The Hall–Kier alpha value is -0.830. The molecule has 0 amide bonds. The first-order valence-electron chi connectivity index (χ1n) is 4.52. The lowest BCUT2D eigenvalue weighted by Crippen LogP contribution is -2.09. The van der Waals surface area contributed by atoms with Gasteiger partial charge in [0, 0.05) is 12.2 Å². The maximum absolute atomic E-state index is 5.53. The van der Waals surface area contributed by atoms with Crippen molar-refractivity contribution in [3.05, 3.63) is 17.7 Å². The molecule has 0 fully saturated rings. The molecule has 1 aromatic heterocycles. The molecule has 66 valence electrons. The lowest BCUT2D eigenvalue weighted by atomic mass is 10.0. The van der Waals surface area contributed by atoms with E-state index in [4.69, 9.17) is 5.73 Å². The molecule has 3 nitrogen and oxygen atoms in total. The molecule has 0 bridgehead atoms. The Kier molecular flexibility index (Phi) is 1.89. The van der Waals surface area contributed by atoms with E-state index in [2.05, 4.69) is 16.5 Å². The molecule has 12 heavy (non-hydrogen) atoms. The van der Waals surface area contributed by atoms with Crippen molar-refractivity contribution >= 4 is 0 Å². The van der Waals surface area contributed by atoms with Crippen molar-refractivity contribution < 1.29 is 0 Å². The minimum Gasteiger partial charge on any atom is -0.334 e. The fraction of sp³-hybridized carbons (Fsp3) is 0.667. The highest BCUT2D eigenvalue weighted by molar-refractivity contribution is 5.15. The first-order valence-corrected chi connectivity index (χ1v) is 4.52. The molecule has 0 saturated heterocycles. The van der Waals surface area contributed by atoms with Gasteiger partial charge in [0.25, 0.3) is 0 Å². The number of hydrogen-bond acceptors (Lipinski definition) is 2. The largest absolute Gasteiger partial charge is 0.334 e. The fourth-order valence-electron chi connectivity index (χ4n) is 1.98. The van der Waals surface area contributed by atoms with Gasteiger partial charge in [0.15, 0.2) is 0 Å². The SMILES string of the molecule is Cc1ncn2c1CC(CCN)C2. The summed E-state index contributed by atoms with van der Waals surface area (Å²) in [5.41, 5.74) is 8.13. The number of fused-ring (bicyclic) bond motifs is 1. The summed E-state index contributed by atoms with van der Waals surface area (Å²) in [5.74, 6) is 0.756. The van der Waals surface area contributed by atoms with Crippen LogP contribution in [-0.4, -0.2) is 16.1 Å². The summed E-state index contributed by atoms with van der Waals surface area (Å²) in [5, 5.41) is 0. The maximum Gasteiger partial charge on any atom is 0.0951 e. The van der Waals surface area contributed by atoms with Crippen LogP contribution in [0, 0.1) is 12.8 Å². The molecule has 0 aliphatic carbocycles. The highest BCUT2D eigenvalue weighted by atomic mass is 15.1. The third-order valence-electron chi connectivity index (χ3n) is 2.67. The van der Waals surface area contributed by atoms with Gasteiger partial charge in [0.05, 0.1) is 12.0 Å². The zero-order chi connectivity index (χ0) is 8.55. The molecular formula is C9H15N3. The number of nitrogens with two attached hydrogens (primary N) is 1. The number of imidazole rings is 1. The van der Waals surface area contributed by atoms with Crippen LogP contribution >= 0.6 is 0 Å². The molecule has 0 aromatic carbocycles. The molecule has 1 atom stereocenters. The Morgan fingerprint density at radius 1 is 1.75 bits per heavy atom. The van der Waals surface area contributed by atoms with E-state index in [1.54, 1.807) is 0 Å². The van der Waals surface area contributed by atoms with Crippen LogP contribution in [0.1, 0.15) is 17.8 Å². The average molecular weight is 165 g/mol. The van der Waals surface area contributed by atoms with E-state index in [1.807, 2.05) is 6.33 Å². The van der Waals surface area contributed by atoms with Crippen LogP contribution in [-0.2, 0) is 13.0 Å². The van der Waals surface area contributed by atoms with Crippen molar-refractivity contribution in [1.29, 1.82) is 0 Å². The van der Waals surface area contributed by atoms with Crippen LogP contribution in [0.5, 0.6) is 0 Å². The Balaban J connectivity index is 2.12. The number of nitrogens with zero attached hydrogens (tertiary/aromatic N) is 2. The smallest absolute Gasteiger partial charge is 0.0951 e. The monoisotopic (exact) mass is 165 g/mol. The van der Waals surface area contributed by atoms with Crippen molar-refractivity contribution in [2.24, 2.45) is 11.7 Å². The summed E-state index contributed by atoms with van der Waals surface area (Å²) < 4.78 is 2.26. The van der Waals surface area contributed by atoms with Crippen molar-refractivity contribution in [1.82, 2.24) is 9.55 Å². The number of aromatic nitrogens is 2. The third-order valence-corrected chi connectivity index (χ3v) is 2.67. The van der Waals surface area contributed by atoms with Crippen LogP contribution in [0.25, 0.3) is 0 Å². The Bertz CT molecular complexity index is 277. The van der Waals surface area contributed by atoms with E-state index in [0.29, 0.717) is 0 Å². The van der Waals surface area contributed by atoms with E-state index in [9.17, 15) is 0 Å². The van der Waals surface area contributed by atoms with Gasteiger partial charge < -0.3 is 10.3 Å². The quantitative estimate of drug-likeness (QED) is 0.701. The molecule has 2 N–H and O–H groups in total. The van der Waals surface area contributed by atoms with Crippen LogP contribution in [0.15, 0.2) is 6.33 Å². The molecule has 1 unspecified atom stereocenters. The fourth-order valence-corrected chi connectivity index (χ4v) is 1.98. The number of hydrogen-bond donors (Lipinski definition) is 1. The van der Waals surface area contributed by atoms with Crippen molar-refractivity contribution in [3.63, 3.8) is 0 Å². The standard InChI is InChI=1S/C9H15N3/c1-7-9-4-8(2-3-10)5-12(9)6-11-7/h6,8H,2-5,10H2,1H3. The van der Waals surface area contributed by atoms with E-state index >= 15 is 0 Å². The molecule has 1 aliphatic heterocycles. The van der Waals surface area contributed by atoms with Crippen molar-refractivity contribution in [2.75, 3.05) is 6.54 Å². The van der Waals surface area contributed by atoms with E-state index in [1.165, 1.54) is 17.8 Å². The summed E-state index contributed by atoms with van der Waals surface area (Å²) in [6, 6.07) is 0. The predicted molar refractivity (Wildman–Crippen MR) is 47.8 cm³/mol. The number of rotatable bonds is 2. The van der Waals surface area contributed by atoms with Gasteiger partial charge in [-0.2, -0.15) is 0 Å². The molecule has 1 aliphatic rings. The number of aryl methyl sites for hydroxylation is 1. The van der Waals surface area contributed by atoms with Crippen LogP contribution in [0.3, 0.4) is 0 Å². The normalized spacial score (nSPS) is 21.3. The van der Waals surface area contributed by atoms with E-state index in [-0.39, 0.29) is 0 Å². The Labute approximate surface area is 72.6 Å². The molecular weight excluding hydrogens is 150 g/mol. The second-order valence-corrected chi connectivity index (χ2v) is 3.58. The Morgan fingerprint density at radius 3 is 3.25 bits per heavy atom. The summed E-state index contributed by atoms with van der Waals surface area (Å²) in [6.07, 6.45) is 4.26. The zero-order valence-electron chi connectivity index (χ0n) is 7.45. The summed E-state index contributed by atoms with van der Waals surface area (Å²) in [4.78, 5) is 4.26. The van der Waals surface area contributed by atoms with Gasteiger partial charge in [-0.25, -0.2) is 4.98 Å². The lowest BCUT2D eigenvalue weighted by Gasteiger charge is -2.04. The molecule has 0 saturated carbocycles. The topological polar surface area (TPSA) is 43.8 Å². The van der Waals surface area contributed by atoms with E-state index < -0.39 is 0 Å². The average Bonchev–Trinajstić information content (AvgIpc) is 2.55. The maximum atomic E-state index is 5.53. The third kappa shape index (κ3) is 1.14. The van der Waals surface area contributed by atoms with Crippen molar-refractivity contribution in [3.8, 4) is 0 Å². The van der Waals surface area contributed by atoms with E-state index in [0.717, 1.165) is 25.4 Å². The first kappa shape index (κ1) is 7.80. The minimum absolute atomic E-state index is 0.756. The van der Waals surface area contributed by atoms with Gasteiger partial charge in [-0.15, -0.1) is 0 Å². The van der Waals surface area contributed by atoms with Gasteiger partial charge in [-0.1, -0.05) is 0 Å². The second-order valence-electron chi connectivity index (χ2n) is 3.58. The van der Waals surface area contributed by atoms with Gasteiger partial charge in [-0.3, -0.25) is 0 Å². The van der Waals surface area contributed by atoms with Gasteiger partial charge in [-0.05, 0) is 32.2 Å². The zero-order valence-corrected chi connectivity index (χ0v) is 7.45. The molecule has 3 heteroatoms. The highest BCUT2D eigenvalue weighted by Crippen LogP contribution is 2.24. The molecule has 2 heterocycles. The van der Waals surface area contributed by atoms with Crippen LogP contribution < -0.4 is 5.73 Å². The summed E-state index contributed by atoms with van der Waals surface area (Å²) in [7, 11) is 0. The first-order chi connectivity index (χ1) is 5.81. The van der Waals surface area contributed by atoms with Gasteiger partial charge >= 0.3 is 0 Å². The molecule has 0 spiro atoms. The van der Waals surface area contributed by atoms with Gasteiger partial charge in [0.2, 0.25) is 0 Å².